The van der Waals surface area contributed by atoms with Crippen LogP contribution in [-0.2, 0) is 0 Å². The Labute approximate surface area is 119 Å². The largest absolute Gasteiger partial charge is 0.393 e. The maximum absolute atomic E-state index is 9.50. The fourth-order valence-electron chi connectivity index (χ4n) is 1.88. The smallest absolute Gasteiger partial charge is 0.147 e. The maximum atomic E-state index is 9.50. The highest BCUT2D eigenvalue weighted by atomic mass is 32.1. The van der Waals surface area contributed by atoms with Crippen LogP contribution in [0.4, 0.5) is 0 Å². The third-order valence-corrected chi connectivity index (χ3v) is 3.34. The first-order chi connectivity index (χ1) is 8.95. The molecule has 19 heavy (non-hydrogen) atoms. The van der Waals surface area contributed by atoms with Crippen LogP contribution >= 0.6 is 12.2 Å². The van der Waals surface area contributed by atoms with E-state index in [1.54, 1.807) is 11.2 Å². The van der Waals surface area contributed by atoms with E-state index >= 15 is 0 Å². The van der Waals surface area contributed by atoms with Gasteiger partial charge in [-0.2, -0.15) is 5.26 Å². The van der Waals surface area contributed by atoms with Crippen LogP contribution in [0.2, 0.25) is 0 Å². The zero-order valence-electron chi connectivity index (χ0n) is 11.6. The number of thiocarbonyl (C=S) groups is 1. The summed E-state index contributed by atoms with van der Waals surface area (Å²) in [6.45, 7) is 3.38. The molecule has 0 bridgehead atoms. The predicted molar refractivity (Wildman–Crippen MR) is 79.9 cm³/mol. The molecule has 0 aromatic carbocycles. The summed E-state index contributed by atoms with van der Waals surface area (Å²) in [7, 11) is 3.70. The van der Waals surface area contributed by atoms with E-state index < -0.39 is 0 Å². The molecule has 1 aliphatic heterocycles. The summed E-state index contributed by atoms with van der Waals surface area (Å²) < 4.78 is 0. The van der Waals surface area contributed by atoms with Crippen molar-refractivity contribution in [2.45, 2.75) is 25.9 Å². The molecule has 0 radical (unpaired) electrons. The Kier molecular flexibility index (Phi) is 5.93. The average molecular weight is 280 g/mol. The van der Waals surface area contributed by atoms with Gasteiger partial charge in [-0.05, 0) is 19.8 Å². The summed E-state index contributed by atoms with van der Waals surface area (Å²) in [4.78, 5) is 8.26. The summed E-state index contributed by atoms with van der Waals surface area (Å²) in [6.07, 6.45) is 2.81. The van der Waals surface area contributed by atoms with Crippen LogP contribution in [0.5, 0.6) is 0 Å². The zero-order valence-corrected chi connectivity index (χ0v) is 12.4. The van der Waals surface area contributed by atoms with Crippen LogP contribution in [0.25, 0.3) is 0 Å². The van der Waals surface area contributed by atoms with E-state index in [9.17, 15) is 10.4 Å². The molecule has 1 saturated heterocycles. The molecule has 1 heterocycles. The van der Waals surface area contributed by atoms with Gasteiger partial charge in [-0.1, -0.05) is 12.2 Å². The number of rotatable bonds is 3. The maximum Gasteiger partial charge on any atom is 0.147 e. The van der Waals surface area contributed by atoms with Crippen LogP contribution in [0, 0.1) is 11.3 Å². The van der Waals surface area contributed by atoms with Crippen LogP contribution < -0.4 is 0 Å². The van der Waals surface area contributed by atoms with E-state index in [0.717, 1.165) is 31.6 Å². The van der Waals surface area contributed by atoms with Gasteiger partial charge in [0.15, 0.2) is 0 Å². The number of hydrogen-bond acceptors (Lipinski definition) is 4. The van der Waals surface area contributed by atoms with Crippen molar-refractivity contribution < 1.29 is 5.11 Å². The van der Waals surface area contributed by atoms with Crippen molar-refractivity contribution in [1.82, 2.24) is 9.80 Å². The van der Waals surface area contributed by atoms with Gasteiger partial charge >= 0.3 is 0 Å². The third kappa shape index (κ3) is 4.62. The van der Waals surface area contributed by atoms with E-state index in [0.29, 0.717) is 10.6 Å². The Morgan fingerprint density at radius 2 is 2.05 bits per heavy atom. The van der Waals surface area contributed by atoms with Gasteiger partial charge in [0.05, 0.1) is 12.4 Å². The highest BCUT2D eigenvalue weighted by Gasteiger charge is 2.20. The van der Waals surface area contributed by atoms with Crippen LogP contribution in [0.1, 0.15) is 19.8 Å². The minimum Gasteiger partial charge on any atom is -0.393 e. The standard InChI is InChI=1S/C13H20N4OS/c1-10(17-6-4-11(18)5-7-17)12(8-14)13(19)15-9-16(2)3/h9,11,18H,4-7H2,1-3H3/b12-10-,15-9+. The van der Waals surface area contributed by atoms with Gasteiger partial charge in [-0.3, -0.25) is 0 Å². The molecule has 0 aromatic heterocycles. The van der Waals surface area contributed by atoms with E-state index in [-0.39, 0.29) is 6.10 Å². The van der Waals surface area contributed by atoms with E-state index in [2.05, 4.69) is 16.0 Å². The minimum atomic E-state index is -0.228. The number of nitriles is 1. The Hall–Kier alpha value is -1.45. The zero-order chi connectivity index (χ0) is 14.4. The summed E-state index contributed by atoms with van der Waals surface area (Å²) in [5.74, 6) is 0. The summed E-state index contributed by atoms with van der Waals surface area (Å²) in [6, 6.07) is 2.14. The fourth-order valence-corrected chi connectivity index (χ4v) is 2.12. The average Bonchev–Trinajstić information content (AvgIpc) is 2.37. The first kappa shape index (κ1) is 15.6. The number of hydrogen-bond donors (Lipinski definition) is 1. The Morgan fingerprint density at radius 3 is 2.53 bits per heavy atom. The van der Waals surface area contributed by atoms with Gasteiger partial charge in [0.1, 0.15) is 16.6 Å². The molecular weight excluding hydrogens is 260 g/mol. The van der Waals surface area contributed by atoms with Gasteiger partial charge in [0, 0.05) is 32.9 Å². The molecule has 5 nitrogen and oxygen atoms in total. The molecule has 0 aromatic rings. The van der Waals surface area contributed by atoms with Crippen molar-refractivity contribution in [2.24, 2.45) is 4.99 Å². The molecular formula is C13H20N4OS. The quantitative estimate of drug-likeness (QED) is 0.276. The number of aliphatic imine (C=N–C) groups is 1. The Bertz CT molecular complexity index is 428. The molecule has 1 N–H and O–H groups in total. The summed E-state index contributed by atoms with van der Waals surface area (Å²) >= 11 is 5.18. The first-order valence-corrected chi connectivity index (χ1v) is 6.65. The lowest BCUT2D eigenvalue weighted by Crippen LogP contribution is -2.35. The monoisotopic (exact) mass is 280 g/mol. The minimum absolute atomic E-state index is 0.228. The van der Waals surface area contributed by atoms with Crippen molar-refractivity contribution in [3.05, 3.63) is 11.3 Å². The molecule has 0 saturated carbocycles. The van der Waals surface area contributed by atoms with Gasteiger partial charge in [0.2, 0.25) is 0 Å². The second-order valence-electron chi connectivity index (χ2n) is 4.80. The van der Waals surface area contributed by atoms with E-state index in [4.69, 9.17) is 12.2 Å². The molecule has 0 spiro atoms. The van der Waals surface area contributed by atoms with Crippen molar-refractivity contribution in [2.75, 3.05) is 27.2 Å². The molecule has 0 atom stereocenters. The second kappa shape index (κ2) is 7.22. The highest BCUT2D eigenvalue weighted by Crippen LogP contribution is 2.18. The third-order valence-electron chi connectivity index (χ3n) is 3.03. The van der Waals surface area contributed by atoms with Crippen LogP contribution in [0.15, 0.2) is 16.3 Å². The summed E-state index contributed by atoms with van der Waals surface area (Å²) in [5, 5.41) is 18.8. The van der Waals surface area contributed by atoms with Gasteiger partial charge < -0.3 is 14.9 Å². The molecule has 0 unspecified atom stereocenters. The van der Waals surface area contributed by atoms with E-state index in [1.165, 1.54) is 0 Å². The lowest BCUT2D eigenvalue weighted by molar-refractivity contribution is 0.0970. The number of piperidine rings is 1. The van der Waals surface area contributed by atoms with Gasteiger partial charge in [0.25, 0.3) is 0 Å². The molecule has 0 amide bonds. The Morgan fingerprint density at radius 1 is 1.47 bits per heavy atom. The highest BCUT2D eigenvalue weighted by molar-refractivity contribution is 7.80. The SMILES string of the molecule is C/C(=C(\C#N)C(=S)/N=C/N(C)C)N1CCC(O)CC1. The lowest BCUT2D eigenvalue weighted by Gasteiger charge is -2.32. The van der Waals surface area contributed by atoms with Crippen molar-refractivity contribution in [3.63, 3.8) is 0 Å². The van der Waals surface area contributed by atoms with Gasteiger partial charge in [-0.25, -0.2) is 4.99 Å². The number of allylic oxidation sites excluding steroid dienone is 1. The van der Waals surface area contributed by atoms with Crippen molar-refractivity contribution in [3.8, 4) is 6.07 Å². The number of nitrogens with zero attached hydrogens (tertiary/aromatic N) is 4. The second-order valence-corrected chi connectivity index (χ2v) is 5.19. The van der Waals surface area contributed by atoms with Crippen molar-refractivity contribution >= 4 is 23.5 Å². The fraction of sp³-hybridized carbons (Fsp3) is 0.615. The molecule has 1 fully saturated rings. The topological polar surface area (TPSA) is 62.9 Å². The predicted octanol–water partition coefficient (Wildman–Crippen LogP) is 1.16. The molecule has 0 aliphatic carbocycles. The summed E-state index contributed by atoms with van der Waals surface area (Å²) in [5.41, 5.74) is 1.28. The molecule has 1 rings (SSSR count). The molecule has 6 heteroatoms. The lowest BCUT2D eigenvalue weighted by atomic mass is 10.1. The van der Waals surface area contributed by atoms with Crippen LogP contribution in [0.3, 0.4) is 0 Å². The number of aliphatic hydroxyl groups is 1. The van der Waals surface area contributed by atoms with Gasteiger partial charge in [-0.15, -0.1) is 0 Å². The Balaban J connectivity index is 2.84. The number of aliphatic hydroxyl groups excluding tert-OH is 1. The molecule has 104 valence electrons. The van der Waals surface area contributed by atoms with Crippen molar-refractivity contribution in [1.29, 1.82) is 5.26 Å². The normalized spacial score (nSPS) is 18.2. The first-order valence-electron chi connectivity index (χ1n) is 6.24. The number of likely N-dealkylation sites (tertiary alicyclic amines) is 1. The van der Waals surface area contributed by atoms with E-state index in [1.807, 2.05) is 21.0 Å². The van der Waals surface area contributed by atoms with Crippen LogP contribution in [-0.4, -0.2) is 59.5 Å². The molecule has 1 aliphatic rings.